The number of nitrogens with zero attached hydrogens (tertiary/aromatic N) is 3. The van der Waals surface area contributed by atoms with Gasteiger partial charge in [0.05, 0.1) is 17.4 Å². The molecule has 4 aromatic heterocycles. The molecule has 0 atom stereocenters. The molecule has 2 N–H and O–H groups in total. The van der Waals surface area contributed by atoms with Crippen LogP contribution in [-0.4, -0.2) is 25.1 Å². The van der Waals surface area contributed by atoms with Crippen LogP contribution in [0.4, 0.5) is 4.39 Å². The fraction of sp³-hybridized carbons (Fsp3) is 0.0312. The van der Waals surface area contributed by atoms with Gasteiger partial charge in [0.25, 0.3) is 0 Å². The summed E-state index contributed by atoms with van der Waals surface area (Å²) in [5, 5.41) is 9.60. The summed E-state index contributed by atoms with van der Waals surface area (Å²) in [6.07, 6.45) is 5.28. The zero-order chi connectivity index (χ0) is 26.2. The molecule has 39 heavy (non-hydrogen) atoms. The van der Waals surface area contributed by atoms with Gasteiger partial charge < -0.3 is 9.72 Å². The first kappa shape index (κ1) is 22.9. The Hall–Kier alpha value is -5.30. The Morgan fingerprint density at radius 1 is 0.769 bits per heavy atom. The molecule has 3 aromatic carbocycles. The molecular formula is C32H22FN5O. The third-order valence-corrected chi connectivity index (χ3v) is 6.78. The van der Waals surface area contributed by atoms with Crippen molar-refractivity contribution in [3.05, 3.63) is 121 Å². The molecule has 4 heterocycles. The van der Waals surface area contributed by atoms with Crippen molar-refractivity contribution in [3.8, 4) is 39.4 Å². The lowest BCUT2D eigenvalue weighted by Crippen LogP contribution is -1.95. The third-order valence-electron chi connectivity index (χ3n) is 6.78. The normalized spacial score (nSPS) is 11.3. The molecule has 0 unspecified atom stereocenters. The van der Waals surface area contributed by atoms with Crippen molar-refractivity contribution in [2.75, 3.05) is 0 Å². The number of fused-ring (bicyclic) bond motifs is 2. The second-order valence-corrected chi connectivity index (χ2v) is 9.33. The maximum atomic E-state index is 13.9. The molecule has 0 aliphatic carbocycles. The summed E-state index contributed by atoms with van der Waals surface area (Å²) in [5.41, 5.74) is 7.97. The Balaban J connectivity index is 1.24. The van der Waals surface area contributed by atoms with Crippen LogP contribution in [0.15, 0.2) is 110 Å². The predicted octanol–water partition coefficient (Wildman–Crippen LogP) is 7.55. The van der Waals surface area contributed by atoms with E-state index in [0.717, 1.165) is 55.5 Å². The van der Waals surface area contributed by atoms with Crippen molar-refractivity contribution in [1.29, 1.82) is 0 Å². The summed E-state index contributed by atoms with van der Waals surface area (Å²) in [5.74, 6) is 0.429. The number of aromatic nitrogens is 5. The van der Waals surface area contributed by atoms with Crippen LogP contribution in [0.25, 0.3) is 55.6 Å². The number of nitrogens with one attached hydrogen (secondary N) is 2. The van der Waals surface area contributed by atoms with E-state index in [4.69, 9.17) is 4.74 Å². The van der Waals surface area contributed by atoms with Crippen molar-refractivity contribution in [1.82, 2.24) is 25.1 Å². The summed E-state index contributed by atoms with van der Waals surface area (Å²) < 4.78 is 19.9. The van der Waals surface area contributed by atoms with Crippen LogP contribution in [-0.2, 0) is 6.61 Å². The molecule has 6 nitrogen and oxygen atoms in total. The monoisotopic (exact) mass is 511 g/mol. The molecule has 0 aliphatic heterocycles. The lowest BCUT2D eigenvalue weighted by atomic mass is 10.0. The molecular weight excluding hydrogens is 489 g/mol. The fourth-order valence-corrected chi connectivity index (χ4v) is 4.86. The minimum absolute atomic E-state index is 0.275. The SMILES string of the molecule is Fc1cccc(-c2ccnc3[nH]c(-c4n[nH]c5ccc(-c6cncc(OCc7ccccc7)c6)cc45)cc23)c1. The van der Waals surface area contributed by atoms with Gasteiger partial charge in [-0.05, 0) is 64.7 Å². The van der Waals surface area contributed by atoms with Crippen molar-refractivity contribution in [2.24, 2.45) is 0 Å². The smallest absolute Gasteiger partial charge is 0.138 e. The second-order valence-electron chi connectivity index (χ2n) is 9.33. The number of hydrogen-bond acceptors (Lipinski definition) is 4. The Kier molecular flexibility index (Phi) is 5.59. The van der Waals surface area contributed by atoms with Crippen LogP contribution in [0.5, 0.6) is 5.75 Å². The van der Waals surface area contributed by atoms with Gasteiger partial charge >= 0.3 is 0 Å². The average molecular weight is 512 g/mol. The molecule has 7 heteroatoms. The molecule has 0 bridgehead atoms. The lowest BCUT2D eigenvalue weighted by Gasteiger charge is -2.08. The fourth-order valence-electron chi connectivity index (χ4n) is 4.86. The van der Waals surface area contributed by atoms with Gasteiger partial charge in [-0.15, -0.1) is 0 Å². The minimum atomic E-state index is -0.275. The number of aromatic amines is 2. The van der Waals surface area contributed by atoms with Crippen LogP contribution >= 0.6 is 0 Å². The third kappa shape index (κ3) is 4.40. The number of rotatable bonds is 6. The number of halogens is 1. The first-order valence-electron chi connectivity index (χ1n) is 12.6. The molecule has 0 radical (unpaired) electrons. The molecule has 0 aliphatic rings. The second kappa shape index (κ2) is 9.54. The Labute approximate surface area is 223 Å². The van der Waals surface area contributed by atoms with Gasteiger partial charge in [-0.25, -0.2) is 9.37 Å². The Bertz CT molecular complexity index is 1940. The highest BCUT2D eigenvalue weighted by Crippen LogP contribution is 2.35. The maximum absolute atomic E-state index is 13.9. The predicted molar refractivity (Wildman–Crippen MR) is 151 cm³/mol. The van der Waals surface area contributed by atoms with Gasteiger partial charge in [-0.1, -0.05) is 48.5 Å². The number of H-pyrrole nitrogens is 2. The summed E-state index contributed by atoms with van der Waals surface area (Å²) in [6, 6.07) is 28.7. The van der Waals surface area contributed by atoms with Gasteiger partial charge in [0.1, 0.15) is 29.5 Å². The van der Waals surface area contributed by atoms with Gasteiger partial charge in [0.2, 0.25) is 0 Å². The van der Waals surface area contributed by atoms with E-state index in [1.54, 1.807) is 18.5 Å². The van der Waals surface area contributed by atoms with E-state index < -0.39 is 0 Å². The Morgan fingerprint density at radius 3 is 2.59 bits per heavy atom. The van der Waals surface area contributed by atoms with Crippen LogP contribution in [0.2, 0.25) is 0 Å². The summed E-state index contributed by atoms with van der Waals surface area (Å²) in [6.45, 7) is 0.475. The highest BCUT2D eigenvalue weighted by molar-refractivity contribution is 6.00. The van der Waals surface area contributed by atoms with Crippen molar-refractivity contribution in [2.45, 2.75) is 6.61 Å². The van der Waals surface area contributed by atoms with Crippen molar-refractivity contribution >= 4 is 21.9 Å². The van der Waals surface area contributed by atoms with E-state index >= 15 is 0 Å². The highest BCUT2D eigenvalue weighted by atomic mass is 19.1. The van der Waals surface area contributed by atoms with Crippen LogP contribution < -0.4 is 4.74 Å². The molecule has 0 spiro atoms. The van der Waals surface area contributed by atoms with Gasteiger partial charge in [-0.3, -0.25) is 10.1 Å². The molecule has 0 saturated carbocycles. The summed E-state index contributed by atoms with van der Waals surface area (Å²) >= 11 is 0. The standard InChI is InChI=1S/C32H22FN5O/c33-24-8-4-7-22(13-24)26-11-12-35-32-27(26)16-30(36-32)31-28-15-21(9-10-29(28)37-38-31)23-14-25(18-34-17-23)39-19-20-5-2-1-3-6-20/h1-18H,19H2,(H,35,36)(H,37,38). The highest BCUT2D eigenvalue weighted by Gasteiger charge is 2.15. The molecule has 0 saturated heterocycles. The van der Waals surface area contributed by atoms with E-state index in [1.165, 1.54) is 12.1 Å². The largest absolute Gasteiger partial charge is 0.487 e. The average Bonchev–Trinajstić information content (AvgIpc) is 3.60. The van der Waals surface area contributed by atoms with E-state index in [1.807, 2.05) is 72.9 Å². The van der Waals surface area contributed by atoms with E-state index in [-0.39, 0.29) is 5.82 Å². The molecule has 7 rings (SSSR count). The van der Waals surface area contributed by atoms with E-state index in [9.17, 15) is 4.39 Å². The summed E-state index contributed by atoms with van der Waals surface area (Å²) in [4.78, 5) is 12.3. The number of benzene rings is 3. The molecule has 7 aromatic rings. The molecule has 0 fully saturated rings. The van der Waals surface area contributed by atoms with Crippen LogP contribution in [0, 0.1) is 5.82 Å². The topological polar surface area (TPSA) is 79.5 Å². The zero-order valence-corrected chi connectivity index (χ0v) is 20.7. The molecule has 188 valence electrons. The number of pyridine rings is 2. The Morgan fingerprint density at radius 2 is 1.69 bits per heavy atom. The van der Waals surface area contributed by atoms with Gasteiger partial charge in [0, 0.05) is 28.7 Å². The van der Waals surface area contributed by atoms with E-state index in [0.29, 0.717) is 18.0 Å². The molecule has 0 amide bonds. The van der Waals surface area contributed by atoms with Crippen LogP contribution in [0.1, 0.15) is 5.56 Å². The quantitative estimate of drug-likeness (QED) is 0.242. The van der Waals surface area contributed by atoms with Gasteiger partial charge in [-0.2, -0.15) is 5.10 Å². The summed E-state index contributed by atoms with van der Waals surface area (Å²) in [7, 11) is 0. The van der Waals surface area contributed by atoms with Gasteiger partial charge in [0.15, 0.2) is 0 Å². The maximum Gasteiger partial charge on any atom is 0.138 e. The number of ether oxygens (including phenoxy) is 1. The van der Waals surface area contributed by atoms with E-state index in [2.05, 4.69) is 31.2 Å². The number of hydrogen-bond donors (Lipinski definition) is 2. The van der Waals surface area contributed by atoms with Crippen molar-refractivity contribution < 1.29 is 9.13 Å². The zero-order valence-electron chi connectivity index (χ0n) is 20.7. The lowest BCUT2D eigenvalue weighted by molar-refractivity contribution is 0.305. The minimum Gasteiger partial charge on any atom is -0.487 e. The van der Waals surface area contributed by atoms with Crippen molar-refractivity contribution in [3.63, 3.8) is 0 Å². The first-order valence-corrected chi connectivity index (χ1v) is 12.6. The first-order chi connectivity index (χ1) is 19.2. The van der Waals surface area contributed by atoms with Crippen LogP contribution in [0.3, 0.4) is 0 Å².